The minimum atomic E-state index is -0.0848. The molecule has 0 radical (unpaired) electrons. The van der Waals surface area contributed by atoms with E-state index in [1.807, 2.05) is 50.2 Å². The maximum Gasteiger partial charge on any atom is 0.255 e. The average Bonchev–Trinajstić information content (AvgIpc) is 2.36. The summed E-state index contributed by atoms with van der Waals surface area (Å²) in [4.78, 5) is 12.2. The molecule has 0 aliphatic heterocycles. The summed E-state index contributed by atoms with van der Waals surface area (Å²) in [7, 11) is 0. The summed E-state index contributed by atoms with van der Waals surface area (Å²) in [5.41, 5.74) is 3.67. The van der Waals surface area contributed by atoms with Crippen LogP contribution >= 0.6 is 38.5 Å². The molecular weight excluding hydrogens is 417 g/mol. The fourth-order valence-corrected chi connectivity index (χ4v) is 2.58. The highest BCUT2D eigenvalue weighted by molar-refractivity contribution is 14.1. The monoisotopic (exact) mass is 429 g/mol. The summed E-state index contributed by atoms with van der Waals surface area (Å²) in [5.74, 6) is -0.0848. The van der Waals surface area contributed by atoms with Crippen LogP contribution in [-0.4, -0.2) is 5.91 Å². The first-order valence-corrected chi connectivity index (χ1v) is 7.68. The van der Waals surface area contributed by atoms with Gasteiger partial charge in [-0.2, -0.15) is 0 Å². The lowest BCUT2D eigenvalue weighted by Crippen LogP contribution is -2.13. The van der Waals surface area contributed by atoms with Gasteiger partial charge in [-0.3, -0.25) is 4.79 Å². The van der Waals surface area contributed by atoms with Crippen molar-refractivity contribution >= 4 is 50.1 Å². The summed E-state index contributed by atoms with van der Waals surface area (Å²) in [6.45, 7) is 3.98. The van der Waals surface area contributed by atoms with Gasteiger partial charge in [-0.1, -0.05) is 28.1 Å². The summed E-state index contributed by atoms with van der Waals surface area (Å²) in [5, 5.41) is 2.93. The fourth-order valence-electron chi connectivity index (χ4n) is 1.71. The van der Waals surface area contributed by atoms with Crippen LogP contribution < -0.4 is 5.32 Å². The van der Waals surface area contributed by atoms with Crippen molar-refractivity contribution in [1.29, 1.82) is 0 Å². The van der Waals surface area contributed by atoms with Crippen molar-refractivity contribution < 1.29 is 4.79 Å². The number of aryl methyl sites for hydroxylation is 2. The van der Waals surface area contributed by atoms with Crippen molar-refractivity contribution in [3.63, 3.8) is 0 Å². The predicted octanol–water partition coefficient (Wildman–Crippen LogP) is 4.92. The Balaban J connectivity index is 2.25. The Morgan fingerprint density at radius 1 is 1.11 bits per heavy atom. The van der Waals surface area contributed by atoms with Crippen LogP contribution in [0.15, 0.2) is 40.9 Å². The molecule has 0 fully saturated rings. The number of amides is 1. The van der Waals surface area contributed by atoms with E-state index in [1.54, 1.807) is 0 Å². The van der Waals surface area contributed by atoms with Gasteiger partial charge < -0.3 is 5.32 Å². The fraction of sp³-hybridized carbons (Fsp3) is 0.133. The van der Waals surface area contributed by atoms with Gasteiger partial charge in [0.25, 0.3) is 5.91 Å². The molecule has 1 amide bonds. The van der Waals surface area contributed by atoms with Crippen LogP contribution in [0.1, 0.15) is 21.5 Å². The van der Waals surface area contributed by atoms with Gasteiger partial charge >= 0.3 is 0 Å². The molecule has 4 heteroatoms. The van der Waals surface area contributed by atoms with Crippen molar-refractivity contribution in [3.05, 3.63) is 61.1 Å². The second-order valence-electron chi connectivity index (χ2n) is 4.38. The zero-order chi connectivity index (χ0) is 14.0. The number of hydrogen-bond donors (Lipinski definition) is 1. The lowest BCUT2D eigenvalue weighted by atomic mass is 10.1. The zero-order valence-corrected chi connectivity index (χ0v) is 14.4. The molecule has 0 unspecified atom stereocenters. The topological polar surface area (TPSA) is 29.1 Å². The molecular formula is C15H13BrINO. The van der Waals surface area contributed by atoms with Gasteiger partial charge in [-0.25, -0.2) is 0 Å². The summed E-state index contributed by atoms with van der Waals surface area (Å²) in [6, 6.07) is 11.6. The molecule has 1 N–H and O–H groups in total. The minimum absolute atomic E-state index is 0.0848. The van der Waals surface area contributed by atoms with E-state index in [9.17, 15) is 4.79 Å². The standard InChI is InChI=1S/C15H13BrINO/c1-9-3-5-11(16)7-13(9)15(19)18-12-6-4-10(2)14(17)8-12/h3-8H,1-2H3,(H,18,19). The smallest absolute Gasteiger partial charge is 0.255 e. The molecule has 0 aliphatic rings. The van der Waals surface area contributed by atoms with Crippen LogP contribution in [0.5, 0.6) is 0 Å². The Morgan fingerprint density at radius 3 is 2.47 bits per heavy atom. The highest BCUT2D eigenvalue weighted by Crippen LogP contribution is 2.20. The summed E-state index contributed by atoms with van der Waals surface area (Å²) >= 11 is 5.65. The molecule has 2 aromatic carbocycles. The van der Waals surface area contributed by atoms with Gasteiger partial charge in [-0.05, 0) is 71.8 Å². The van der Waals surface area contributed by atoms with E-state index in [0.29, 0.717) is 5.56 Å². The molecule has 98 valence electrons. The average molecular weight is 430 g/mol. The first-order valence-electron chi connectivity index (χ1n) is 5.81. The van der Waals surface area contributed by atoms with Crippen LogP contribution in [0.2, 0.25) is 0 Å². The third-order valence-corrected chi connectivity index (χ3v) is 4.53. The highest BCUT2D eigenvalue weighted by atomic mass is 127. The van der Waals surface area contributed by atoms with E-state index >= 15 is 0 Å². The molecule has 2 aromatic rings. The van der Waals surface area contributed by atoms with Gasteiger partial charge in [0.1, 0.15) is 0 Å². The molecule has 0 spiro atoms. The lowest BCUT2D eigenvalue weighted by Gasteiger charge is -2.09. The molecule has 2 nitrogen and oxygen atoms in total. The van der Waals surface area contributed by atoms with Crippen molar-refractivity contribution in [2.45, 2.75) is 13.8 Å². The highest BCUT2D eigenvalue weighted by Gasteiger charge is 2.10. The van der Waals surface area contributed by atoms with E-state index in [2.05, 4.69) is 43.8 Å². The Morgan fingerprint density at radius 2 is 1.79 bits per heavy atom. The molecule has 19 heavy (non-hydrogen) atoms. The van der Waals surface area contributed by atoms with Crippen LogP contribution in [0.4, 0.5) is 5.69 Å². The predicted molar refractivity (Wildman–Crippen MR) is 90.7 cm³/mol. The second-order valence-corrected chi connectivity index (χ2v) is 6.46. The Bertz CT molecular complexity index is 640. The number of hydrogen-bond acceptors (Lipinski definition) is 1. The van der Waals surface area contributed by atoms with E-state index < -0.39 is 0 Å². The van der Waals surface area contributed by atoms with Gasteiger partial charge in [-0.15, -0.1) is 0 Å². The van der Waals surface area contributed by atoms with E-state index in [1.165, 1.54) is 5.56 Å². The quantitative estimate of drug-likeness (QED) is 0.674. The Kier molecular flexibility index (Phi) is 4.62. The van der Waals surface area contributed by atoms with Crippen molar-refractivity contribution in [2.24, 2.45) is 0 Å². The van der Waals surface area contributed by atoms with Gasteiger partial charge in [0.2, 0.25) is 0 Å². The van der Waals surface area contributed by atoms with Gasteiger partial charge in [0.05, 0.1) is 0 Å². The molecule has 0 bridgehead atoms. The maximum absolute atomic E-state index is 12.2. The van der Waals surface area contributed by atoms with Crippen LogP contribution in [-0.2, 0) is 0 Å². The molecule has 0 aromatic heterocycles. The number of rotatable bonds is 2. The number of halogens is 2. The van der Waals surface area contributed by atoms with Crippen molar-refractivity contribution in [1.82, 2.24) is 0 Å². The van der Waals surface area contributed by atoms with E-state index in [-0.39, 0.29) is 5.91 Å². The van der Waals surface area contributed by atoms with Gasteiger partial charge in [0.15, 0.2) is 0 Å². The van der Waals surface area contributed by atoms with Crippen molar-refractivity contribution in [2.75, 3.05) is 5.32 Å². The first kappa shape index (κ1) is 14.5. The van der Waals surface area contributed by atoms with Crippen molar-refractivity contribution in [3.8, 4) is 0 Å². The van der Waals surface area contributed by atoms with Gasteiger partial charge in [0, 0.05) is 19.3 Å². The maximum atomic E-state index is 12.2. The normalized spacial score (nSPS) is 10.3. The van der Waals surface area contributed by atoms with E-state index in [0.717, 1.165) is 19.3 Å². The largest absolute Gasteiger partial charge is 0.322 e. The molecule has 0 heterocycles. The first-order chi connectivity index (χ1) is 8.97. The second kappa shape index (κ2) is 6.05. The summed E-state index contributed by atoms with van der Waals surface area (Å²) < 4.78 is 2.04. The molecule has 0 saturated heterocycles. The third-order valence-electron chi connectivity index (χ3n) is 2.87. The number of nitrogens with one attached hydrogen (secondary N) is 1. The molecule has 0 atom stereocenters. The molecule has 0 aliphatic carbocycles. The minimum Gasteiger partial charge on any atom is -0.322 e. The lowest BCUT2D eigenvalue weighted by molar-refractivity contribution is 0.102. The van der Waals surface area contributed by atoms with E-state index in [4.69, 9.17) is 0 Å². The van der Waals surface area contributed by atoms with Crippen LogP contribution in [0.3, 0.4) is 0 Å². The molecule has 2 rings (SSSR count). The number of carbonyl (C=O) groups excluding carboxylic acids is 1. The Labute approximate surface area is 134 Å². The Hall–Kier alpha value is -0.880. The van der Waals surface area contributed by atoms with Crippen LogP contribution in [0.25, 0.3) is 0 Å². The third kappa shape index (κ3) is 3.57. The van der Waals surface area contributed by atoms with Crippen LogP contribution in [0, 0.1) is 17.4 Å². The zero-order valence-electron chi connectivity index (χ0n) is 10.6. The number of anilines is 1. The molecule has 0 saturated carbocycles. The SMILES string of the molecule is Cc1ccc(NC(=O)c2cc(Br)ccc2C)cc1I. The summed E-state index contributed by atoms with van der Waals surface area (Å²) in [6.07, 6.45) is 0. The number of benzene rings is 2. The number of carbonyl (C=O) groups is 1.